The van der Waals surface area contributed by atoms with E-state index >= 15 is 0 Å². The van der Waals surface area contributed by atoms with Crippen LogP contribution >= 0.6 is 23.1 Å². The zero-order valence-corrected chi connectivity index (χ0v) is 17.0. The first-order chi connectivity index (χ1) is 13.1. The van der Waals surface area contributed by atoms with Crippen LogP contribution in [0.25, 0.3) is 0 Å². The van der Waals surface area contributed by atoms with Crippen molar-refractivity contribution in [3.05, 3.63) is 47.2 Å². The van der Waals surface area contributed by atoms with Crippen molar-refractivity contribution in [1.29, 1.82) is 0 Å². The molecule has 0 spiro atoms. The number of nitrogens with zero attached hydrogens (tertiary/aromatic N) is 4. The van der Waals surface area contributed by atoms with Crippen molar-refractivity contribution in [2.45, 2.75) is 38.6 Å². The van der Waals surface area contributed by atoms with Gasteiger partial charge in [0, 0.05) is 18.1 Å². The molecule has 0 radical (unpaired) electrons. The van der Waals surface area contributed by atoms with Crippen LogP contribution < -0.4 is 10.1 Å². The molecule has 0 aliphatic rings. The summed E-state index contributed by atoms with van der Waals surface area (Å²) in [5, 5.41) is 14.4. The summed E-state index contributed by atoms with van der Waals surface area (Å²) in [6.45, 7) is 6.69. The molecule has 2 aromatic heterocycles. The van der Waals surface area contributed by atoms with E-state index in [2.05, 4.69) is 20.5 Å². The lowest BCUT2D eigenvalue weighted by Gasteiger charge is -2.15. The SMILES string of the molecule is CCn1c(SCC(=O)Nc2nccs2)nnc1C(C)Oc1ccc(C)cc1. The third-order valence-corrected chi connectivity index (χ3v) is 5.43. The highest BCUT2D eigenvalue weighted by atomic mass is 32.2. The molecule has 3 aromatic rings. The predicted molar refractivity (Wildman–Crippen MR) is 107 cm³/mol. The molecular formula is C18H21N5O2S2. The number of thiazole rings is 1. The number of hydrogen-bond donors (Lipinski definition) is 1. The van der Waals surface area contributed by atoms with Crippen LogP contribution in [0.4, 0.5) is 5.13 Å². The maximum Gasteiger partial charge on any atom is 0.236 e. The molecule has 0 aliphatic heterocycles. The number of carbonyl (C=O) groups is 1. The summed E-state index contributed by atoms with van der Waals surface area (Å²) in [6, 6.07) is 7.90. The van der Waals surface area contributed by atoms with Crippen molar-refractivity contribution in [3.8, 4) is 5.75 Å². The largest absolute Gasteiger partial charge is 0.483 e. The van der Waals surface area contributed by atoms with Gasteiger partial charge in [-0.1, -0.05) is 29.5 Å². The lowest BCUT2D eigenvalue weighted by atomic mass is 10.2. The van der Waals surface area contributed by atoms with E-state index < -0.39 is 0 Å². The van der Waals surface area contributed by atoms with Crippen LogP contribution in [0.3, 0.4) is 0 Å². The van der Waals surface area contributed by atoms with E-state index in [4.69, 9.17) is 4.74 Å². The Morgan fingerprint density at radius 2 is 2.11 bits per heavy atom. The van der Waals surface area contributed by atoms with Gasteiger partial charge >= 0.3 is 0 Å². The number of anilines is 1. The summed E-state index contributed by atoms with van der Waals surface area (Å²) in [7, 11) is 0. The van der Waals surface area contributed by atoms with E-state index in [1.165, 1.54) is 28.7 Å². The minimum atomic E-state index is -0.251. The molecule has 1 atom stereocenters. The number of ether oxygens (including phenoxy) is 1. The summed E-state index contributed by atoms with van der Waals surface area (Å²) in [5.41, 5.74) is 1.18. The van der Waals surface area contributed by atoms with Crippen LogP contribution in [0.1, 0.15) is 31.3 Å². The van der Waals surface area contributed by atoms with Crippen LogP contribution in [0.15, 0.2) is 41.0 Å². The quantitative estimate of drug-likeness (QED) is 0.574. The molecule has 1 amide bonds. The maximum absolute atomic E-state index is 12.0. The third-order valence-electron chi connectivity index (χ3n) is 3.77. The van der Waals surface area contributed by atoms with Crippen molar-refractivity contribution >= 4 is 34.1 Å². The lowest BCUT2D eigenvalue weighted by Crippen LogP contribution is -2.15. The second-order valence-electron chi connectivity index (χ2n) is 5.83. The molecule has 3 rings (SSSR count). The summed E-state index contributed by atoms with van der Waals surface area (Å²) in [6.07, 6.45) is 1.40. The molecule has 0 saturated heterocycles. The number of benzene rings is 1. The van der Waals surface area contributed by atoms with Crippen LogP contribution in [0, 0.1) is 6.92 Å². The summed E-state index contributed by atoms with van der Waals surface area (Å²) in [5.74, 6) is 1.65. The number of rotatable bonds is 8. The van der Waals surface area contributed by atoms with E-state index in [0.717, 1.165) is 11.6 Å². The summed E-state index contributed by atoms with van der Waals surface area (Å²) in [4.78, 5) is 16.1. The first kappa shape index (κ1) is 19.4. The number of aryl methyl sites for hydroxylation is 1. The Labute approximate surface area is 166 Å². The second-order valence-corrected chi connectivity index (χ2v) is 7.67. The van der Waals surface area contributed by atoms with Crippen molar-refractivity contribution in [2.24, 2.45) is 0 Å². The molecule has 1 N–H and O–H groups in total. The molecule has 1 aromatic carbocycles. The van der Waals surface area contributed by atoms with Crippen molar-refractivity contribution in [2.75, 3.05) is 11.1 Å². The van der Waals surface area contributed by atoms with E-state index in [0.29, 0.717) is 16.8 Å². The zero-order valence-electron chi connectivity index (χ0n) is 15.4. The average Bonchev–Trinajstić information content (AvgIpc) is 3.31. The van der Waals surface area contributed by atoms with Gasteiger partial charge < -0.3 is 14.6 Å². The number of hydrogen-bond acceptors (Lipinski definition) is 7. The molecule has 0 aliphatic carbocycles. The first-order valence-corrected chi connectivity index (χ1v) is 10.4. The van der Waals surface area contributed by atoms with Gasteiger partial charge in [-0.3, -0.25) is 4.79 Å². The van der Waals surface area contributed by atoms with E-state index in [9.17, 15) is 4.79 Å². The van der Waals surface area contributed by atoms with Crippen molar-refractivity contribution in [3.63, 3.8) is 0 Å². The molecule has 2 heterocycles. The average molecular weight is 404 g/mol. The molecule has 7 nitrogen and oxygen atoms in total. The molecule has 0 fully saturated rings. The molecule has 1 unspecified atom stereocenters. The van der Waals surface area contributed by atoms with Crippen LogP contribution in [-0.2, 0) is 11.3 Å². The fourth-order valence-corrected chi connectivity index (χ4v) is 3.80. The normalized spacial score (nSPS) is 12.0. The lowest BCUT2D eigenvalue weighted by molar-refractivity contribution is -0.113. The van der Waals surface area contributed by atoms with Crippen LogP contribution in [0.5, 0.6) is 5.75 Å². The van der Waals surface area contributed by atoms with Gasteiger partial charge in [0.05, 0.1) is 5.75 Å². The molecule has 142 valence electrons. The Balaban J connectivity index is 1.63. The van der Waals surface area contributed by atoms with Gasteiger partial charge in [-0.2, -0.15) is 0 Å². The van der Waals surface area contributed by atoms with Gasteiger partial charge in [0.25, 0.3) is 0 Å². The highest BCUT2D eigenvalue weighted by Gasteiger charge is 2.19. The Hall–Kier alpha value is -2.39. The molecule has 0 saturated carbocycles. The summed E-state index contributed by atoms with van der Waals surface area (Å²) < 4.78 is 7.96. The predicted octanol–water partition coefficient (Wildman–Crippen LogP) is 3.93. The number of thioether (sulfide) groups is 1. The Morgan fingerprint density at radius 1 is 1.33 bits per heavy atom. The Bertz CT molecular complexity index is 878. The topological polar surface area (TPSA) is 81.9 Å². The van der Waals surface area contributed by atoms with Crippen molar-refractivity contribution < 1.29 is 9.53 Å². The van der Waals surface area contributed by atoms with Crippen LogP contribution in [0.2, 0.25) is 0 Å². The number of nitrogens with one attached hydrogen (secondary N) is 1. The fraction of sp³-hybridized carbons (Fsp3) is 0.333. The maximum atomic E-state index is 12.0. The smallest absolute Gasteiger partial charge is 0.236 e. The van der Waals surface area contributed by atoms with E-state index in [1.54, 1.807) is 6.20 Å². The number of amides is 1. The highest BCUT2D eigenvalue weighted by molar-refractivity contribution is 7.99. The number of aromatic nitrogens is 4. The van der Waals surface area contributed by atoms with Crippen LogP contribution in [-0.4, -0.2) is 31.4 Å². The van der Waals surface area contributed by atoms with Gasteiger partial charge in [-0.05, 0) is 32.9 Å². The van der Waals surface area contributed by atoms with Gasteiger partial charge in [-0.25, -0.2) is 4.98 Å². The minimum absolute atomic E-state index is 0.119. The number of carbonyl (C=O) groups excluding carboxylic acids is 1. The zero-order chi connectivity index (χ0) is 19.2. The first-order valence-electron chi connectivity index (χ1n) is 8.55. The summed E-state index contributed by atoms with van der Waals surface area (Å²) >= 11 is 2.73. The monoisotopic (exact) mass is 403 g/mol. The molecule has 27 heavy (non-hydrogen) atoms. The van der Waals surface area contributed by atoms with Gasteiger partial charge in [0.1, 0.15) is 5.75 Å². The molecule has 0 bridgehead atoms. The Kier molecular flexibility index (Phi) is 6.46. The second kappa shape index (κ2) is 9.01. The van der Waals surface area contributed by atoms with Gasteiger partial charge in [-0.15, -0.1) is 21.5 Å². The highest BCUT2D eigenvalue weighted by Crippen LogP contribution is 2.25. The molecule has 9 heteroatoms. The minimum Gasteiger partial charge on any atom is -0.483 e. The van der Waals surface area contributed by atoms with Gasteiger partial charge in [0.2, 0.25) is 5.91 Å². The Morgan fingerprint density at radius 3 is 2.78 bits per heavy atom. The van der Waals surface area contributed by atoms with Gasteiger partial charge in [0.15, 0.2) is 22.2 Å². The molecular weight excluding hydrogens is 382 g/mol. The fourth-order valence-electron chi connectivity index (χ4n) is 2.45. The van der Waals surface area contributed by atoms with E-state index in [1.807, 2.05) is 55.0 Å². The third kappa shape index (κ3) is 5.08. The van der Waals surface area contributed by atoms with E-state index in [-0.39, 0.29) is 17.8 Å². The standard InChI is InChI=1S/C18H21N5O2S2/c1-4-23-16(13(3)25-14-7-5-12(2)6-8-14)21-22-18(23)27-11-15(24)20-17-19-9-10-26-17/h5-10,13H,4,11H2,1-3H3,(H,19,20,24). The van der Waals surface area contributed by atoms with Crippen molar-refractivity contribution in [1.82, 2.24) is 19.7 Å².